The number of H-pyrrole nitrogens is 1. The van der Waals surface area contributed by atoms with Crippen molar-refractivity contribution in [2.24, 2.45) is 0 Å². The Morgan fingerprint density at radius 2 is 1.72 bits per heavy atom. The van der Waals surface area contributed by atoms with Crippen molar-refractivity contribution in [3.63, 3.8) is 0 Å². The Morgan fingerprint density at radius 1 is 1.06 bits per heavy atom. The third kappa shape index (κ3) is 6.93. The van der Waals surface area contributed by atoms with Gasteiger partial charge in [-0.05, 0) is 43.2 Å². The standard InChI is InChI=1S/C23H23F6N3O3S/c1-3-15(2)35-20-6-4-5-19(11-20)32(36(33,34)14-22(24,25)26)13-17-12-30-31-21(17)16-7-9-18(10-8-16)23(27,28)29/h4-12,15H,3,13-14H2,1-2H3,(H,30,31). The number of alkyl halides is 6. The van der Waals surface area contributed by atoms with Gasteiger partial charge in [0.05, 0.1) is 35.8 Å². The molecule has 0 radical (unpaired) electrons. The van der Waals surface area contributed by atoms with E-state index in [0.717, 1.165) is 24.3 Å². The molecule has 36 heavy (non-hydrogen) atoms. The average Bonchev–Trinajstić information content (AvgIpc) is 3.23. The van der Waals surface area contributed by atoms with E-state index in [4.69, 9.17) is 4.74 Å². The summed E-state index contributed by atoms with van der Waals surface area (Å²) >= 11 is 0. The van der Waals surface area contributed by atoms with E-state index in [9.17, 15) is 34.8 Å². The lowest BCUT2D eigenvalue weighted by molar-refractivity contribution is -0.137. The third-order valence-corrected chi connectivity index (χ3v) is 6.94. The molecule has 1 unspecified atom stereocenters. The first-order valence-corrected chi connectivity index (χ1v) is 12.3. The first-order chi connectivity index (χ1) is 16.7. The van der Waals surface area contributed by atoms with Crippen LogP contribution in [0.15, 0.2) is 54.7 Å². The molecule has 0 fully saturated rings. The number of hydrogen-bond acceptors (Lipinski definition) is 4. The Kier molecular flexibility index (Phi) is 7.91. The predicted molar refractivity (Wildman–Crippen MR) is 122 cm³/mol. The molecule has 0 spiro atoms. The molecular formula is C23H23F6N3O3S. The van der Waals surface area contributed by atoms with E-state index < -0.39 is 40.2 Å². The van der Waals surface area contributed by atoms with Crippen LogP contribution in [-0.4, -0.2) is 36.6 Å². The number of aromatic amines is 1. The van der Waals surface area contributed by atoms with E-state index in [1.165, 1.54) is 24.4 Å². The highest BCUT2D eigenvalue weighted by molar-refractivity contribution is 7.92. The second kappa shape index (κ2) is 10.4. The molecule has 3 aromatic rings. The van der Waals surface area contributed by atoms with Gasteiger partial charge in [0.2, 0.25) is 10.0 Å². The largest absolute Gasteiger partial charge is 0.491 e. The van der Waals surface area contributed by atoms with Crippen molar-refractivity contribution in [3.05, 3.63) is 65.9 Å². The van der Waals surface area contributed by atoms with Crippen LogP contribution in [0, 0.1) is 0 Å². The van der Waals surface area contributed by atoms with Gasteiger partial charge >= 0.3 is 12.4 Å². The third-order valence-electron chi connectivity index (χ3n) is 5.23. The lowest BCUT2D eigenvalue weighted by Gasteiger charge is -2.26. The van der Waals surface area contributed by atoms with E-state index in [-0.39, 0.29) is 34.4 Å². The van der Waals surface area contributed by atoms with Gasteiger partial charge in [0.25, 0.3) is 0 Å². The Bertz CT molecular complexity index is 1270. The van der Waals surface area contributed by atoms with Gasteiger partial charge in [-0.2, -0.15) is 31.4 Å². The van der Waals surface area contributed by atoms with Crippen LogP contribution in [0.25, 0.3) is 11.3 Å². The number of aromatic nitrogens is 2. The average molecular weight is 536 g/mol. The highest BCUT2D eigenvalue weighted by Gasteiger charge is 2.39. The van der Waals surface area contributed by atoms with Crippen LogP contribution in [0.1, 0.15) is 31.4 Å². The molecule has 1 aromatic heterocycles. The molecule has 0 saturated carbocycles. The first-order valence-electron chi connectivity index (χ1n) is 10.7. The fraction of sp³-hybridized carbons (Fsp3) is 0.348. The molecule has 1 N–H and O–H groups in total. The Labute approximate surface area is 203 Å². The number of ether oxygens (including phenoxy) is 1. The van der Waals surface area contributed by atoms with Crippen molar-refractivity contribution in [1.82, 2.24) is 10.2 Å². The maximum absolute atomic E-state index is 13.1. The molecule has 1 atom stereocenters. The number of halogens is 6. The van der Waals surface area contributed by atoms with Gasteiger partial charge in [-0.3, -0.25) is 9.40 Å². The van der Waals surface area contributed by atoms with E-state index >= 15 is 0 Å². The fourth-order valence-electron chi connectivity index (χ4n) is 3.32. The van der Waals surface area contributed by atoms with Gasteiger partial charge in [-0.25, -0.2) is 8.42 Å². The zero-order valence-electron chi connectivity index (χ0n) is 19.2. The number of nitrogens with zero attached hydrogens (tertiary/aromatic N) is 2. The molecule has 2 aromatic carbocycles. The van der Waals surface area contributed by atoms with Gasteiger partial charge in [-0.1, -0.05) is 25.1 Å². The van der Waals surface area contributed by atoms with Crippen molar-refractivity contribution in [3.8, 4) is 17.0 Å². The zero-order chi connectivity index (χ0) is 26.7. The molecule has 13 heteroatoms. The molecule has 0 bridgehead atoms. The number of hydrogen-bond donors (Lipinski definition) is 1. The molecular weight excluding hydrogens is 512 g/mol. The van der Waals surface area contributed by atoms with E-state index in [1.54, 1.807) is 13.0 Å². The summed E-state index contributed by atoms with van der Waals surface area (Å²) in [6.07, 6.45) is -7.93. The van der Waals surface area contributed by atoms with Gasteiger partial charge in [0, 0.05) is 11.6 Å². The Balaban J connectivity index is 2.02. The Hall–Kier alpha value is -3.22. The summed E-state index contributed by atoms with van der Waals surface area (Å²) in [5, 5.41) is 6.41. The number of rotatable bonds is 9. The number of anilines is 1. The van der Waals surface area contributed by atoms with Crippen LogP contribution in [0.2, 0.25) is 0 Å². The maximum atomic E-state index is 13.1. The Morgan fingerprint density at radius 3 is 2.31 bits per heavy atom. The minimum Gasteiger partial charge on any atom is -0.491 e. The van der Waals surface area contributed by atoms with Gasteiger partial charge in [0.15, 0.2) is 5.75 Å². The molecule has 196 valence electrons. The maximum Gasteiger partial charge on any atom is 0.416 e. The molecule has 1 heterocycles. The molecule has 0 aliphatic heterocycles. The van der Waals surface area contributed by atoms with Crippen LogP contribution in [0.5, 0.6) is 5.75 Å². The molecule has 0 amide bonds. The van der Waals surface area contributed by atoms with Crippen LogP contribution in [0.4, 0.5) is 32.0 Å². The number of benzene rings is 2. The van der Waals surface area contributed by atoms with Gasteiger partial charge < -0.3 is 4.74 Å². The summed E-state index contributed by atoms with van der Waals surface area (Å²) in [6, 6.07) is 9.66. The number of sulfonamides is 1. The topological polar surface area (TPSA) is 75.3 Å². The fourth-order valence-corrected chi connectivity index (χ4v) is 4.66. The summed E-state index contributed by atoms with van der Waals surface area (Å²) in [5.41, 5.74) is -0.381. The van der Waals surface area contributed by atoms with Crippen molar-refractivity contribution >= 4 is 15.7 Å². The highest BCUT2D eigenvalue weighted by Crippen LogP contribution is 2.33. The molecule has 6 nitrogen and oxygen atoms in total. The minimum atomic E-state index is -5.01. The van der Waals surface area contributed by atoms with Crippen molar-refractivity contribution in [2.75, 3.05) is 10.1 Å². The van der Waals surface area contributed by atoms with Crippen LogP contribution in [0.3, 0.4) is 0 Å². The zero-order valence-corrected chi connectivity index (χ0v) is 20.0. The van der Waals surface area contributed by atoms with Gasteiger partial charge in [-0.15, -0.1) is 0 Å². The van der Waals surface area contributed by atoms with Crippen LogP contribution >= 0.6 is 0 Å². The molecule has 0 aliphatic carbocycles. The first kappa shape index (κ1) is 27.4. The monoisotopic (exact) mass is 535 g/mol. The van der Waals surface area contributed by atoms with Gasteiger partial charge in [0.1, 0.15) is 5.75 Å². The van der Waals surface area contributed by atoms with Crippen LogP contribution in [-0.2, 0) is 22.7 Å². The molecule has 0 aliphatic rings. The predicted octanol–water partition coefficient (Wildman–Crippen LogP) is 6.17. The lowest BCUT2D eigenvalue weighted by Crippen LogP contribution is -2.37. The van der Waals surface area contributed by atoms with E-state index in [0.29, 0.717) is 10.7 Å². The molecule has 0 saturated heterocycles. The van der Waals surface area contributed by atoms with Crippen molar-refractivity contribution in [2.45, 2.75) is 45.3 Å². The molecule has 3 rings (SSSR count). The summed E-state index contributed by atoms with van der Waals surface area (Å²) < 4.78 is 110. The summed E-state index contributed by atoms with van der Waals surface area (Å²) in [6.45, 7) is 3.10. The number of nitrogens with one attached hydrogen (secondary N) is 1. The second-order valence-corrected chi connectivity index (χ2v) is 9.95. The second-order valence-electron chi connectivity index (χ2n) is 8.06. The summed E-state index contributed by atoms with van der Waals surface area (Å²) in [5.74, 6) is -1.84. The van der Waals surface area contributed by atoms with E-state index in [1.807, 2.05) is 6.92 Å². The minimum absolute atomic E-state index is 0.0698. The van der Waals surface area contributed by atoms with Crippen molar-refractivity contribution < 1.29 is 39.5 Å². The van der Waals surface area contributed by atoms with E-state index in [2.05, 4.69) is 10.2 Å². The highest BCUT2D eigenvalue weighted by atomic mass is 32.2. The lowest BCUT2D eigenvalue weighted by atomic mass is 10.1. The summed E-state index contributed by atoms with van der Waals surface area (Å²) in [7, 11) is -4.92. The quantitative estimate of drug-likeness (QED) is 0.333. The normalized spacial score (nSPS) is 13.4. The van der Waals surface area contributed by atoms with Crippen LogP contribution < -0.4 is 9.04 Å². The van der Waals surface area contributed by atoms with Crippen molar-refractivity contribution in [1.29, 1.82) is 0 Å². The smallest absolute Gasteiger partial charge is 0.416 e. The summed E-state index contributed by atoms with van der Waals surface area (Å²) in [4.78, 5) is 0. The SMILES string of the molecule is CCC(C)Oc1cccc(N(Cc2cn[nH]c2-c2ccc(C(F)(F)F)cc2)S(=O)(=O)CC(F)(F)F)c1.